The maximum absolute atomic E-state index is 12.9. The quantitative estimate of drug-likeness (QED) is 0.387. The summed E-state index contributed by atoms with van der Waals surface area (Å²) in [5, 5.41) is 9.32. The number of allylic oxidation sites excluding steroid dienone is 1. The van der Waals surface area contributed by atoms with Crippen molar-refractivity contribution in [3.63, 3.8) is 0 Å². The van der Waals surface area contributed by atoms with Gasteiger partial charge in [0.2, 0.25) is 5.91 Å². The zero-order valence-electron chi connectivity index (χ0n) is 22.3. The summed E-state index contributed by atoms with van der Waals surface area (Å²) in [6.07, 6.45) is 5.82. The van der Waals surface area contributed by atoms with Crippen LogP contribution in [0.5, 0.6) is 0 Å². The third kappa shape index (κ3) is 7.55. The number of benzene rings is 3. The number of nitrogens with zero attached hydrogens (tertiary/aromatic N) is 1. The molecule has 1 aliphatic rings. The summed E-state index contributed by atoms with van der Waals surface area (Å²) in [6.45, 7) is 9.66. The number of carbonyl (C=O) groups excluding carboxylic acids is 1. The van der Waals surface area contributed by atoms with Crippen LogP contribution in [0.3, 0.4) is 0 Å². The highest BCUT2D eigenvalue weighted by molar-refractivity contribution is 5.86. The minimum atomic E-state index is -0.727. The fourth-order valence-electron chi connectivity index (χ4n) is 4.82. The van der Waals surface area contributed by atoms with E-state index in [-0.39, 0.29) is 18.0 Å². The molecule has 0 bridgehead atoms. The molecule has 4 rings (SSSR count). The van der Waals surface area contributed by atoms with Gasteiger partial charge in [0.25, 0.3) is 0 Å². The van der Waals surface area contributed by atoms with E-state index in [0.717, 1.165) is 32.5 Å². The van der Waals surface area contributed by atoms with Gasteiger partial charge in [-0.15, -0.1) is 0 Å². The van der Waals surface area contributed by atoms with Crippen molar-refractivity contribution in [3.8, 4) is 11.8 Å². The topological polar surface area (TPSA) is 44.4 Å². The van der Waals surface area contributed by atoms with E-state index < -0.39 is 5.41 Å². The molecular formula is C33H39N3O. The average Bonchev–Trinajstić information content (AvgIpc) is 2.91. The maximum atomic E-state index is 12.9. The zero-order valence-corrected chi connectivity index (χ0v) is 22.3. The van der Waals surface area contributed by atoms with Gasteiger partial charge in [-0.25, -0.2) is 0 Å². The van der Waals surface area contributed by atoms with Gasteiger partial charge in [-0.05, 0) is 61.6 Å². The zero-order chi connectivity index (χ0) is 26.1. The first-order valence-electron chi connectivity index (χ1n) is 13.4. The standard InChI is InChI=1S/C33H39N3O/c1-26(30-18-12-16-28-15-8-9-17-31(28)30)34-22-11-5-10-21-33(2,3)32(37)35-29-19-23-36(24-20-29)25-27-13-6-4-7-14-27/h4-9,11-18,26,29,34H,19-20,22-25H2,1-3H3,(H,35,37)/t26-/m1/s1. The Morgan fingerprint density at radius 1 is 1.03 bits per heavy atom. The van der Waals surface area contributed by atoms with Gasteiger partial charge in [-0.2, -0.15) is 0 Å². The van der Waals surface area contributed by atoms with Crippen molar-refractivity contribution in [1.82, 2.24) is 15.5 Å². The molecule has 1 heterocycles. The van der Waals surface area contributed by atoms with Crippen LogP contribution in [-0.2, 0) is 11.3 Å². The predicted molar refractivity (Wildman–Crippen MR) is 154 cm³/mol. The van der Waals surface area contributed by atoms with Crippen molar-refractivity contribution in [2.24, 2.45) is 5.41 Å². The largest absolute Gasteiger partial charge is 0.352 e. The van der Waals surface area contributed by atoms with Crippen LogP contribution in [0.15, 0.2) is 84.9 Å². The number of fused-ring (bicyclic) bond motifs is 1. The van der Waals surface area contributed by atoms with Gasteiger partial charge < -0.3 is 10.6 Å². The van der Waals surface area contributed by atoms with Gasteiger partial charge in [0.15, 0.2) is 0 Å². The molecule has 1 fully saturated rings. The fraction of sp³-hybridized carbons (Fsp3) is 0.364. The van der Waals surface area contributed by atoms with Gasteiger partial charge in [-0.3, -0.25) is 9.69 Å². The van der Waals surface area contributed by atoms with Crippen molar-refractivity contribution < 1.29 is 4.79 Å². The van der Waals surface area contributed by atoms with Gasteiger partial charge in [-0.1, -0.05) is 90.7 Å². The van der Waals surface area contributed by atoms with Crippen molar-refractivity contribution >= 4 is 16.7 Å². The molecule has 192 valence electrons. The normalized spacial score (nSPS) is 15.9. The van der Waals surface area contributed by atoms with E-state index in [2.05, 4.69) is 107 Å². The molecule has 3 aromatic rings. The third-order valence-electron chi connectivity index (χ3n) is 7.16. The number of hydrogen-bond donors (Lipinski definition) is 2. The first kappa shape index (κ1) is 26.7. The number of likely N-dealkylation sites (tertiary alicyclic amines) is 1. The molecular weight excluding hydrogens is 454 g/mol. The highest BCUT2D eigenvalue weighted by Gasteiger charge is 2.29. The van der Waals surface area contributed by atoms with Crippen molar-refractivity contribution in [3.05, 3.63) is 96.1 Å². The SMILES string of the molecule is C[C@@H](NCC=CC#CC(C)(C)C(=O)NC1CCN(Cc2ccccc2)CC1)c1cccc2ccccc12. The van der Waals surface area contributed by atoms with Gasteiger partial charge >= 0.3 is 0 Å². The van der Waals surface area contributed by atoms with Crippen molar-refractivity contribution in [2.75, 3.05) is 19.6 Å². The second kappa shape index (κ2) is 12.7. The molecule has 4 heteroatoms. The van der Waals surface area contributed by atoms with Crippen LogP contribution in [0.25, 0.3) is 10.8 Å². The first-order valence-corrected chi connectivity index (χ1v) is 13.4. The lowest BCUT2D eigenvalue weighted by Gasteiger charge is -2.33. The molecule has 0 spiro atoms. The van der Waals surface area contributed by atoms with Crippen LogP contribution >= 0.6 is 0 Å². The molecule has 1 amide bonds. The van der Waals surface area contributed by atoms with Gasteiger partial charge in [0, 0.05) is 38.3 Å². The Hall–Kier alpha value is -3.39. The fourth-order valence-corrected chi connectivity index (χ4v) is 4.82. The Kier molecular flexibility index (Phi) is 9.17. The first-order chi connectivity index (χ1) is 17.9. The summed E-state index contributed by atoms with van der Waals surface area (Å²) in [4.78, 5) is 15.4. The molecule has 4 nitrogen and oxygen atoms in total. The van der Waals surface area contributed by atoms with Crippen molar-refractivity contribution in [2.45, 2.75) is 52.2 Å². The summed E-state index contributed by atoms with van der Waals surface area (Å²) in [5.41, 5.74) is 1.91. The lowest BCUT2D eigenvalue weighted by atomic mass is 9.92. The predicted octanol–water partition coefficient (Wildman–Crippen LogP) is 5.86. The van der Waals surface area contributed by atoms with E-state index in [1.54, 1.807) is 0 Å². The molecule has 1 atom stereocenters. The number of nitrogens with one attached hydrogen (secondary N) is 2. The molecule has 2 N–H and O–H groups in total. The maximum Gasteiger partial charge on any atom is 0.237 e. The lowest BCUT2D eigenvalue weighted by molar-refractivity contribution is -0.127. The number of carbonyl (C=O) groups is 1. The molecule has 37 heavy (non-hydrogen) atoms. The Morgan fingerprint density at radius 3 is 2.51 bits per heavy atom. The van der Waals surface area contributed by atoms with Crippen LogP contribution in [0.1, 0.15) is 50.8 Å². The highest BCUT2D eigenvalue weighted by atomic mass is 16.2. The highest BCUT2D eigenvalue weighted by Crippen LogP contribution is 2.24. The van der Waals surface area contributed by atoms with Crippen LogP contribution in [0, 0.1) is 17.3 Å². The van der Waals surface area contributed by atoms with Crippen LogP contribution in [0.2, 0.25) is 0 Å². The number of hydrogen-bond acceptors (Lipinski definition) is 3. The second-order valence-corrected chi connectivity index (χ2v) is 10.5. The number of amides is 1. The average molecular weight is 494 g/mol. The lowest BCUT2D eigenvalue weighted by Crippen LogP contribution is -2.47. The summed E-state index contributed by atoms with van der Waals surface area (Å²) in [6, 6.07) is 25.9. The third-order valence-corrected chi connectivity index (χ3v) is 7.16. The molecule has 0 aromatic heterocycles. The van der Waals surface area contributed by atoms with E-state index in [0.29, 0.717) is 6.54 Å². The van der Waals surface area contributed by atoms with Crippen LogP contribution in [-0.4, -0.2) is 36.5 Å². The summed E-state index contributed by atoms with van der Waals surface area (Å²) in [7, 11) is 0. The molecule has 0 radical (unpaired) electrons. The van der Waals surface area contributed by atoms with Gasteiger partial charge in [0.05, 0.1) is 0 Å². The van der Waals surface area contributed by atoms with Gasteiger partial charge in [0.1, 0.15) is 5.41 Å². The van der Waals surface area contributed by atoms with E-state index in [9.17, 15) is 4.79 Å². The summed E-state index contributed by atoms with van der Waals surface area (Å²) < 4.78 is 0. The second-order valence-electron chi connectivity index (χ2n) is 10.5. The Balaban J connectivity index is 1.20. The van der Waals surface area contributed by atoms with E-state index in [1.165, 1.54) is 21.9 Å². The van der Waals surface area contributed by atoms with E-state index in [1.807, 2.05) is 26.0 Å². The molecule has 0 unspecified atom stereocenters. The summed E-state index contributed by atoms with van der Waals surface area (Å²) in [5.74, 6) is 6.24. The molecule has 1 saturated heterocycles. The Bertz CT molecular complexity index is 1260. The van der Waals surface area contributed by atoms with Crippen LogP contribution < -0.4 is 10.6 Å². The Labute approximate surface area is 222 Å². The number of rotatable bonds is 8. The minimum Gasteiger partial charge on any atom is -0.352 e. The monoisotopic (exact) mass is 493 g/mol. The van der Waals surface area contributed by atoms with E-state index >= 15 is 0 Å². The minimum absolute atomic E-state index is 0.0117. The Morgan fingerprint density at radius 2 is 1.73 bits per heavy atom. The molecule has 1 aliphatic heterocycles. The van der Waals surface area contributed by atoms with Crippen LogP contribution in [0.4, 0.5) is 0 Å². The van der Waals surface area contributed by atoms with E-state index in [4.69, 9.17) is 0 Å². The van der Waals surface area contributed by atoms with Crippen molar-refractivity contribution in [1.29, 1.82) is 0 Å². The molecule has 3 aromatic carbocycles. The molecule has 0 saturated carbocycles. The molecule has 0 aliphatic carbocycles. The summed E-state index contributed by atoms with van der Waals surface area (Å²) >= 11 is 0. The number of piperidine rings is 1. The smallest absolute Gasteiger partial charge is 0.237 e.